The second kappa shape index (κ2) is 9.14. The number of fused-ring (bicyclic) bond motifs is 6. The Balaban J connectivity index is 0.00000129. The summed E-state index contributed by atoms with van der Waals surface area (Å²) < 4.78 is 31.1. The second-order valence-corrected chi connectivity index (χ2v) is 8.87. The van der Waals surface area contributed by atoms with E-state index in [0.29, 0.717) is 34.9 Å². The number of benzene rings is 2. The van der Waals surface area contributed by atoms with Gasteiger partial charge in [0, 0.05) is 34.8 Å². The molecular weight excluding hydrogens is 493 g/mol. The van der Waals surface area contributed by atoms with E-state index in [1.807, 2.05) is 19.9 Å². The highest BCUT2D eigenvalue weighted by Gasteiger charge is 2.35. The van der Waals surface area contributed by atoms with Crippen LogP contribution in [0.5, 0.6) is 11.5 Å². The van der Waals surface area contributed by atoms with E-state index in [-0.39, 0.29) is 42.4 Å². The third kappa shape index (κ3) is 3.67. The Labute approximate surface area is 216 Å². The van der Waals surface area contributed by atoms with Crippen molar-refractivity contribution in [3.8, 4) is 22.9 Å². The molecule has 0 spiro atoms. The molecule has 10 heteroatoms. The zero-order valence-electron chi connectivity index (χ0n) is 20.7. The predicted molar refractivity (Wildman–Crippen MR) is 136 cm³/mol. The number of aliphatic hydroxyl groups excluding tert-OH is 1. The predicted octanol–water partition coefficient (Wildman–Crippen LogP) is 4.02. The van der Waals surface area contributed by atoms with Gasteiger partial charge in [0.1, 0.15) is 12.4 Å². The Kier molecular flexibility index (Phi) is 5.76. The largest absolute Gasteiger partial charge is 0.458 e. The molecule has 2 N–H and O–H groups in total. The van der Waals surface area contributed by atoms with Crippen molar-refractivity contribution in [2.45, 2.75) is 39.6 Å². The van der Waals surface area contributed by atoms with E-state index in [4.69, 9.17) is 19.2 Å². The second-order valence-electron chi connectivity index (χ2n) is 8.87. The molecule has 0 aliphatic carbocycles. The van der Waals surface area contributed by atoms with E-state index in [1.54, 1.807) is 28.8 Å². The van der Waals surface area contributed by atoms with Crippen molar-refractivity contribution in [3.63, 3.8) is 0 Å². The van der Waals surface area contributed by atoms with Gasteiger partial charge in [-0.3, -0.25) is 4.79 Å². The summed E-state index contributed by atoms with van der Waals surface area (Å²) in [5, 5.41) is 14.5. The lowest BCUT2D eigenvalue weighted by atomic mass is 9.98. The number of esters is 1. The molecule has 0 saturated heterocycles. The minimum atomic E-state index is -1.52. The molecule has 9 nitrogen and oxygen atoms in total. The SMILES string of the molecule is CC.O=C1OCc2c(cc3n(c2=O)Cc2c-3nc3cc4c(cc3c2CNc2ccc(F)cc2)OCO4)C1O. The van der Waals surface area contributed by atoms with Crippen molar-refractivity contribution in [1.82, 2.24) is 9.55 Å². The van der Waals surface area contributed by atoms with Gasteiger partial charge < -0.3 is 29.2 Å². The summed E-state index contributed by atoms with van der Waals surface area (Å²) in [6.07, 6.45) is -1.52. The van der Waals surface area contributed by atoms with Gasteiger partial charge in [0.25, 0.3) is 5.56 Å². The first-order valence-corrected chi connectivity index (χ1v) is 12.3. The van der Waals surface area contributed by atoms with Gasteiger partial charge in [0.05, 0.1) is 29.0 Å². The molecule has 2 aromatic heterocycles. The summed E-state index contributed by atoms with van der Waals surface area (Å²) >= 11 is 0. The van der Waals surface area contributed by atoms with Crippen molar-refractivity contribution in [3.05, 3.63) is 80.9 Å². The van der Waals surface area contributed by atoms with Crippen LogP contribution in [-0.2, 0) is 29.2 Å². The number of aliphatic hydroxyl groups is 1. The molecule has 7 rings (SSSR count). The molecule has 0 amide bonds. The maximum atomic E-state index is 13.4. The van der Waals surface area contributed by atoms with Crippen molar-refractivity contribution < 1.29 is 28.5 Å². The molecule has 0 radical (unpaired) electrons. The van der Waals surface area contributed by atoms with Gasteiger partial charge >= 0.3 is 5.97 Å². The van der Waals surface area contributed by atoms with E-state index in [2.05, 4.69) is 5.32 Å². The summed E-state index contributed by atoms with van der Waals surface area (Å²) in [6, 6.07) is 11.4. The quantitative estimate of drug-likeness (QED) is 0.345. The van der Waals surface area contributed by atoms with Gasteiger partial charge in [-0.25, -0.2) is 14.2 Å². The van der Waals surface area contributed by atoms with Gasteiger partial charge in [-0.1, -0.05) is 13.8 Å². The first-order chi connectivity index (χ1) is 18.5. The molecule has 0 bridgehead atoms. The van der Waals surface area contributed by atoms with Crippen molar-refractivity contribution in [2.75, 3.05) is 12.1 Å². The van der Waals surface area contributed by atoms with E-state index >= 15 is 0 Å². The van der Waals surface area contributed by atoms with E-state index in [1.165, 1.54) is 12.1 Å². The lowest BCUT2D eigenvalue weighted by Gasteiger charge is -2.21. The number of carbonyl (C=O) groups excluding carboxylic acids is 1. The van der Waals surface area contributed by atoms with E-state index in [0.717, 1.165) is 22.2 Å². The Morgan fingerprint density at radius 2 is 1.79 bits per heavy atom. The van der Waals surface area contributed by atoms with Gasteiger partial charge in [0.15, 0.2) is 17.6 Å². The number of aromatic nitrogens is 2. The van der Waals surface area contributed by atoms with Gasteiger partial charge in [-0.2, -0.15) is 0 Å². The fourth-order valence-electron chi connectivity index (χ4n) is 5.06. The van der Waals surface area contributed by atoms with Crippen LogP contribution in [0.3, 0.4) is 0 Å². The average molecular weight is 518 g/mol. The molecule has 3 aliphatic rings. The van der Waals surface area contributed by atoms with E-state index in [9.17, 15) is 19.1 Å². The number of nitrogens with zero attached hydrogens (tertiary/aromatic N) is 2. The van der Waals surface area contributed by atoms with Crippen molar-refractivity contribution >= 4 is 22.6 Å². The maximum Gasteiger partial charge on any atom is 0.340 e. The fraction of sp³-hybridized carbons (Fsp3) is 0.250. The Morgan fingerprint density at radius 1 is 1.05 bits per heavy atom. The molecule has 38 heavy (non-hydrogen) atoms. The summed E-state index contributed by atoms with van der Waals surface area (Å²) in [5.41, 5.74) is 4.38. The lowest BCUT2D eigenvalue weighted by molar-refractivity contribution is -0.157. The highest BCUT2D eigenvalue weighted by Crippen LogP contribution is 2.42. The van der Waals surface area contributed by atoms with E-state index < -0.39 is 12.1 Å². The smallest absolute Gasteiger partial charge is 0.340 e. The number of carbonyl (C=O) groups is 1. The van der Waals surface area contributed by atoms with Gasteiger partial charge in [-0.05, 0) is 42.0 Å². The zero-order chi connectivity index (χ0) is 26.6. The van der Waals surface area contributed by atoms with Crippen molar-refractivity contribution in [2.24, 2.45) is 0 Å². The van der Waals surface area contributed by atoms with Crippen molar-refractivity contribution in [1.29, 1.82) is 0 Å². The van der Waals surface area contributed by atoms with Crippen LogP contribution in [0.25, 0.3) is 22.3 Å². The molecular formula is C28H24FN3O6. The maximum absolute atomic E-state index is 13.4. The Bertz CT molecular complexity index is 1660. The summed E-state index contributed by atoms with van der Waals surface area (Å²) in [7, 11) is 0. The number of rotatable bonds is 3. The Morgan fingerprint density at radius 3 is 2.55 bits per heavy atom. The number of halogens is 1. The normalized spacial score (nSPS) is 16.2. The molecule has 0 fully saturated rings. The highest BCUT2D eigenvalue weighted by molar-refractivity contribution is 5.91. The molecule has 1 atom stereocenters. The van der Waals surface area contributed by atoms with Crippen LogP contribution in [-0.4, -0.2) is 27.4 Å². The summed E-state index contributed by atoms with van der Waals surface area (Å²) in [4.78, 5) is 30.2. The van der Waals surface area contributed by atoms with Crippen LogP contribution in [0.4, 0.5) is 10.1 Å². The number of nitrogens with one attached hydrogen (secondary N) is 1. The minimum Gasteiger partial charge on any atom is -0.458 e. The standard InChI is InChI=1S/C26H18FN3O6.C2H6/c27-12-1-3-13(4-2-12)28-8-16-14-6-21-22(36-11-35-21)7-19(14)29-23-17(16)9-30-20(23)5-15-18(25(30)32)10-34-26(33)24(15)31;1-2/h1-7,24,28,31H,8-11H2;1-2H3. The number of ether oxygens (including phenoxy) is 3. The van der Waals surface area contributed by atoms with Crippen LogP contribution < -0.4 is 20.3 Å². The molecule has 1 unspecified atom stereocenters. The monoisotopic (exact) mass is 517 g/mol. The van der Waals surface area contributed by atoms with Crippen LogP contribution in [0, 0.1) is 5.82 Å². The van der Waals surface area contributed by atoms with Crippen LogP contribution in [0.2, 0.25) is 0 Å². The molecule has 194 valence electrons. The van der Waals surface area contributed by atoms with Gasteiger partial charge in [0.2, 0.25) is 6.79 Å². The average Bonchev–Trinajstić information content (AvgIpc) is 3.54. The fourth-order valence-corrected chi connectivity index (χ4v) is 5.06. The molecule has 3 aliphatic heterocycles. The lowest BCUT2D eigenvalue weighted by Crippen LogP contribution is -2.32. The van der Waals surface area contributed by atoms with Crippen LogP contribution in [0.1, 0.15) is 42.2 Å². The molecule has 2 aromatic carbocycles. The number of pyridine rings is 2. The number of hydrogen-bond donors (Lipinski definition) is 2. The van der Waals surface area contributed by atoms with Crippen LogP contribution >= 0.6 is 0 Å². The number of cyclic esters (lactones) is 1. The summed E-state index contributed by atoms with van der Waals surface area (Å²) in [5.74, 6) is 0.0704. The zero-order valence-corrected chi connectivity index (χ0v) is 20.7. The first-order valence-electron chi connectivity index (χ1n) is 12.3. The molecule has 5 heterocycles. The first kappa shape index (κ1) is 23.9. The number of hydrogen-bond acceptors (Lipinski definition) is 8. The molecule has 0 saturated carbocycles. The third-order valence-electron chi connectivity index (χ3n) is 6.88. The summed E-state index contributed by atoms with van der Waals surface area (Å²) in [6.45, 7) is 4.57. The minimum absolute atomic E-state index is 0.118. The van der Waals surface area contributed by atoms with Gasteiger partial charge in [-0.15, -0.1) is 0 Å². The highest BCUT2D eigenvalue weighted by atomic mass is 19.1. The topological polar surface area (TPSA) is 112 Å². The Hall–Kier alpha value is -4.44. The number of anilines is 1. The third-order valence-corrected chi connectivity index (χ3v) is 6.88. The van der Waals surface area contributed by atoms with Crippen LogP contribution in [0.15, 0.2) is 47.3 Å². The molecule has 4 aromatic rings.